The molecule has 0 aliphatic carbocycles. The topological polar surface area (TPSA) is 103 Å². The number of halogens is 2. The average molecular weight is 476 g/mol. The maximum absolute atomic E-state index is 14.3. The molecule has 1 N–H and O–H groups in total. The van der Waals surface area contributed by atoms with Crippen molar-refractivity contribution >= 4 is 28.5 Å². The van der Waals surface area contributed by atoms with Crippen molar-refractivity contribution in [3.8, 4) is 11.5 Å². The third-order valence-corrected chi connectivity index (χ3v) is 6.13. The average Bonchev–Trinajstić information content (AvgIpc) is 3.32. The molecule has 5 rings (SSSR count). The number of fused-ring (bicyclic) bond motifs is 2. The molecule has 1 aliphatic rings. The third-order valence-electron chi connectivity index (χ3n) is 6.13. The summed E-state index contributed by atoms with van der Waals surface area (Å²) in [6.07, 6.45) is 1.61. The van der Waals surface area contributed by atoms with Gasteiger partial charge in [-0.15, -0.1) is 0 Å². The highest BCUT2D eigenvalue weighted by atomic mass is 19.1. The maximum atomic E-state index is 14.3. The van der Waals surface area contributed by atoms with Crippen molar-refractivity contribution in [3.63, 3.8) is 0 Å². The van der Waals surface area contributed by atoms with Crippen LogP contribution in [0.2, 0.25) is 0 Å². The summed E-state index contributed by atoms with van der Waals surface area (Å²) in [4.78, 5) is 39.1. The van der Waals surface area contributed by atoms with Gasteiger partial charge in [0.2, 0.25) is 5.91 Å². The largest absolute Gasteiger partial charge is 0.310 e. The molecule has 0 fully saturated rings. The van der Waals surface area contributed by atoms with Gasteiger partial charge in [0.1, 0.15) is 23.0 Å². The zero-order chi connectivity index (χ0) is 24.7. The van der Waals surface area contributed by atoms with Gasteiger partial charge in [0.15, 0.2) is 17.3 Å². The van der Waals surface area contributed by atoms with Crippen LogP contribution in [0.25, 0.3) is 22.6 Å². The van der Waals surface area contributed by atoms with Crippen molar-refractivity contribution in [3.05, 3.63) is 65.2 Å². The predicted molar refractivity (Wildman–Crippen MR) is 125 cm³/mol. The van der Waals surface area contributed by atoms with Gasteiger partial charge >= 0.3 is 0 Å². The number of nitrogens with one attached hydrogen (secondary N) is 1. The monoisotopic (exact) mass is 476 g/mol. The fourth-order valence-corrected chi connectivity index (χ4v) is 4.25. The van der Waals surface area contributed by atoms with Gasteiger partial charge in [-0.25, -0.2) is 24.0 Å². The van der Waals surface area contributed by atoms with Crippen LogP contribution >= 0.6 is 0 Å². The maximum Gasteiger partial charge on any atom is 0.235 e. The number of rotatable bonds is 7. The molecule has 8 nitrogen and oxygen atoms in total. The molecule has 0 saturated heterocycles. The molecule has 1 amide bonds. The van der Waals surface area contributed by atoms with E-state index in [2.05, 4.69) is 25.4 Å². The number of Topliss-reactive ketones (excluding diaryl/α,β-unsaturated/α-hetero) is 1. The zero-order valence-electron chi connectivity index (χ0n) is 19.2. The highest BCUT2D eigenvalue weighted by molar-refractivity contribution is 6.09. The molecule has 3 aromatic heterocycles. The van der Waals surface area contributed by atoms with Crippen LogP contribution in [0.3, 0.4) is 0 Å². The molecule has 4 aromatic rings. The van der Waals surface area contributed by atoms with Crippen molar-refractivity contribution in [2.24, 2.45) is 0 Å². The molecule has 1 aromatic carbocycles. The number of aromatic nitrogens is 5. The molecule has 4 heterocycles. The van der Waals surface area contributed by atoms with E-state index in [9.17, 15) is 18.4 Å². The summed E-state index contributed by atoms with van der Waals surface area (Å²) >= 11 is 0. The predicted octanol–water partition coefficient (Wildman–Crippen LogP) is 4.24. The second-order valence-electron chi connectivity index (χ2n) is 8.89. The Hall–Kier alpha value is -4.08. The van der Waals surface area contributed by atoms with E-state index in [1.54, 1.807) is 55.1 Å². The second kappa shape index (κ2) is 8.61. The summed E-state index contributed by atoms with van der Waals surface area (Å²) in [5.74, 6) is -0.700. The van der Waals surface area contributed by atoms with Gasteiger partial charge in [0.05, 0.1) is 24.0 Å². The molecule has 35 heavy (non-hydrogen) atoms. The molecule has 0 spiro atoms. The standard InChI is InChI=1S/C25H22F2N6O2/c1-25(2)18-20(17(34)10-5-11-26)29-22(30-21(18)31-24(25)35)19-15-8-6-12-28-23(15)33(32-19)13-14-7-3-4-9-16(14)27/h3-4,6-9,12H,5,10-11,13H2,1-2H3,(H,29,30,31,35). The normalized spacial score (nSPS) is 14.2. The Labute approximate surface area is 199 Å². The van der Waals surface area contributed by atoms with E-state index < -0.39 is 12.1 Å². The Morgan fingerprint density at radius 2 is 1.94 bits per heavy atom. The van der Waals surface area contributed by atoms with Crippen molar-refractivity contribution < 1.29 is 18.4 Å². The summed E-state index contributed by atoms with van der Waals surface area (Å²) in [5, 5.41) is 7.96. The van der Waals surface area contributed by atoms with Gasteiger partial charge in [-0.3, -0.25) is 14.0 Å². The molecule has 0 unspecified atom stereocenters. The first-order chi connectivity index (χ1) is 16.8. The first kappa shape index (κ1) is 22.7. The van der Waals surface area contributed by atoms with Crippen molar-refractivity contribution in [2.75, 3.05) is 12.0 Å². The second-order valence-corrected chi connectivity index (χ2v) is 8.89. The highest BCUT2D eigenvalue weighted by Gasteiger charge is 2.44. The minimum Gasteiger partial charge on any atom is -0.310 e. The Kier molecular flexibility index (Phi) is 5.58. The van der Waals surface area contributed by atoms with E-state index >= 15 is 0 Å². The zero-order valence-corrected chi connectivity index (χ0v) is 19.2. The van der Waals surface area contributed by atoms with Gasteiger partial charge in [-0.2, -0.15) is 5.10 Å². The van der Waals surface area contributed by atoms with Gasteiger partial charge in [0, 0.05) is 23.7 Å². The number of carbonyl (C=O) groups excluding carboxylic acids is 2. The van der Waals surface area contributed by atoms with Crippen LogP contribution in [0, 0.1) is 5.82 Å². The van der Waals surface area contributed by atoms with E-state index in [-0.39, 0.29) is 54.2 Å². The number of benzene rings is 1. The highest BCUT2D eigenvalue weighted by Crippen LogP contribution is 2.40. The number of pyridine rings is 1. The number of ketones is 1. The fraction of sp³-hybridized carbons (Fsp3) is 0.280. The van der Waals surface area contributed by atoms with Crippen LogP contribution in [0.5, 0.6) is 0 Å². The van der Waals surface area contributed by atoms with E-state index in [0.29, 0.717) is 27.9 Å². The van der Waals surface area contributed by atoms with E-state index in [1.807, 2.05) is 0 Å². The van der Waals surface area contributed by atoms with Gasteiger partial charge in [-0.1, -0.05) is 18.2 Å². The van der Waals surface area contributed by atoms with Crippen molar-refractivity contribution in [1.82, 2.24) is 24.7 Å². The summed E-state index contributed by atoms with van der Waals surface area (Å²) < 4.78 is 28.7. The summed E-state index contributed by atoms with van der Waals surface area (Å²) in [7, 11) is 0. The number of hydrogen-bond donors (Lipinski definition) is 1. The fourth-order valence-electron chi connectivity index (χ4n) is 4.25. The van der Waals surface area contributed by atoms with Crippen LogP contribution in [-0.2, 0) is 16.8 Å². The number of anilines is 1. The van der Waals surface area contributed by atoms with Crippen LogP contribution in [0.15, 0.2) is 42.6 Å². The Morgan fingerprint density at radius 1 is 1.14 bits per heavy atom. The molecule has 0 atom stereocenters. The van der Waals surface area contributed by atoms with Crippen LogP contribution in [-0.4, -0.2) is 43.1 Å². The molecule has 0 bridgehead atoms. The molecule has 0 radical (unpaired) electrons. The molecular formula is C25H22F2N6O2. The Balaban J connectivity index is 1.68. The first-order valence-electron chi connectivity index (χ1n) is 11.2. The smallest absolute Gasteiger partial charge is 0.235 e. The summed E-state index contributed by atoms with van der Waals surface area (Å²) in [5.41, 5.74) is 0.698. The van der Waals surface area contributed by atoms with E-state index in [1.165, 1.54) is 6.07 Å². The van der Waals surface area contributed by atoms with Crippen LogP contribution < -0.4 is 5.32 Å². The van der Waals surface area contributed by atoms with Crippen LogP contribution in [0.4, 0.5) is 14.6 Å². The molecule has 178 valence electrons. The van der Waals surface area contributed by atoms with Gasteiger partial charge < -0.3 is 5.32 Å². The molecule has 0 saturated carbocycles. The lowest BCUT2D eigenvalue weighted by Crippen LogP contribution is -2.28. The van der Waals surface area contributed by atoms with E-state index in [4.69, 9.17) is 0 Å². The number of alkyl halides is 1. The van der Waals surface area contributed by atoms with Crippen molar-refractivity contribution in [1.29, 1.82) is 0 Å². The van der Waals surface area contributed by atoms with E-state index in [0.717, 1.165) is 0 Å². The van der Waals surface area contributed by atoms with Gasteiger partial charge in [-0.05, 0) is 38.5 Å². The van der Waals surface area contributed by atoms with Crippen molar-refractivity contribution in [2.45, 2.75) is 38.6 Å². The Morgan fingerprint density at radius 3 is 2.71 bits per heavy atom. The number of hydrogen-bond acceptors (Lipinski definition) is 6. The molecular weight excluding hydrogens is 454 g/mol. The number of amides is 1. The third kappa shape index (κ3) is 3.84. The number of nitrogens with zero attached hydrogens (tertiary/aromatic N) is 5. The quantitative estimate of drug-likeness (QED) is 0.400. The lowest BCUT2D eigenvalue weighted by Gasteiger charge is -2.17. The van der Waals surface area contributed by atoms with Gasteiger partial charge in [0.25, 0.3) is 0 Å². The lowest BCUT2D eigenvalue weighted by molar-refractivity contribution is -0.119. The summed E-state index contributed by atoms with van der Waals surface area (Å²) in [6.45, 7) is 2.86. The summed E-state index contributed by atoms with van der Waals surface area (Å²) in [6, 6.07) is 9.90. The first-order valence-corrected chi connectivity index (χ1v) is 11.2. The molecule has 10 heteroatoms. The SMILES string of the molecule is CC1(C)C(=O)Nc2nc(-c3nn(Cc4ccccc4F)c4ncccc34)nc(C(=O)CCCF)c21. The minimum atomic E-state index is -1.03. The number of carbonyl (C=O) groups is 2. The molecule has 1 aliphatic heterocycles. The lowest BCUT2D eigenvalue weighted by atomic mass is 9.84. The van der Waals surface area contributed by atoms with Crippen LogP contribution in [0.1, 0.15) is 48.3 Å². The minimum absolute atomic E-state index is 0.0479. The Bertz CT molecular complexity index is 1480.